The SMILES string of the molecule is CCn1cc(C(=O)C=Cc2csc(-c3ccccn3)n2)cn1. The Morgan fingerprint density at radius 1 is 1.41 bits per heavy atom. The van der Waals surface area contributed by atoms with Crippen molar-refractivity contribution in [3.05, 3.63) is 59.5 Å². The lowest BCUT2D eigenvalue weighted by Crippen LogP contribution is -1.94. The lowest BCUT2D eigenvalue weighted by atomic mass is 10.2. The second-order valence-corrected chi connectivity index (χ2v) is 5.43. The van der Waals surface area contributed by atoms with E-state index >= 15 is 0 Å². The van der Waals surface area contributed by atoms with E-state index in [9.17, 15) is 4.79 Å². The number of ketones is 1. The summed E-state index contributed by atoms with van der Waals surface area (Å²) in [5.41, 5.74) is 2.17. The zero-order valence-corrected chi connectivity index (χ0v) is 12.8. The standard InChI is InChI=1S/C16H14N4OS/c1-2-20-10-12(9-18-20)15(21)7-6-13-11-22-16(19-13)14-5-3-4-8-17-14/h3-11H,2H2,1H3. The summed E-state index contributed by atoms with van der Waals surface area (Å²) in [6.07, 6.45) is 8.30. The topological polar surface area (TPSA) is 60.7 Å². The first kappa shape index (κ1) is 14.3. The third-order valence-electron chi connectivity index (χ3n) is 3.05. The van der Waals surface area contributed by atoms with E-state index in [2.05, 4.69) is 15.1 Å². The van der Waals surface area contributed by atoms with Gasteiger partial charge in [0.05, 0.1) is 23.1 Å². The van der Waals surface area contributed by atoms with Crippen molar-refractivity contribution in [2.75, 3.05) is 0 Å². The summed E-state index contributed by atoms with van der Waals surface area (Å²) in [6, 6.07) is 5.71. The lowest BCUT2D eigenvalue weighted by molar-refractivity contribution is 0.104. The number of pyridine rings is 1. The molecule has 0 atom stereocenters. The highest BCUT2D eigenvalue weighted by atomic mass is 32.1. The maximum Gasteiger partial charge on any atom is 0.189 e. The van der Waals surface area contributed by atoms with Gasteiger partial charge in [-0.1, -0.05) is 6.07 Å². The van der Waals surface area contributed by atoms with E-state index in [4.69, 9.17) is 0 Å². The van der Waals surface area contributed by atoms with E-state index in [1.807, 2.05) is 30.5 Å². The zero-order chi connectivity index (χ0) is 15.4. The summed E-state index contributed by atoms with van der Waals surface area (Å²) < 4.78 is 1.73. The van der Waals surface area contributed by atoms with Crippen LogP contribution in [-0.2, 0) is 6.54 Å². The fourth-order valence-electron chi connectivity index (χ4n) is 1.89. The van der Waals surface area contributed by atoms with E-state index in [-0.39, 0.29) is 5.78 Å². The quantitative estimate of drug-likeness (QED) is 0.536. The number of hydrogen-bond acceptors (Lipinski definition) is 5. The number of carbonyl (C=O) groups is 1. The van der Waals surface area contributed by atoms with Crippen molar-refractivity contribution in [1.82, 2.24) is 19.7 Å². The van der Waals surface area contributed by atoms with Crippen molar-refractivity contribution in [3.63, 3.8) is 0 Å². The van der Waals surface area contributed by atoms with Gasteiger partial charge in [-0.3, -0.25) is 14.5 Å². The van der Waals surface area contributed by atoms with Gasteiger partial charge in [-0.2, -0.15) is 5.10 Å². The molecule has 0 aliphatic heterocycles. The molecule has 0 fully saturated rings. The summed E-state index contributed by atoms with van der Waals surface area (Å²) in [5.74, 6) is -0.0768. The summed E-state index contributed by atoms with van der Waals surface area (Å²) in [7, 11) is 0. The molecule has 0 unspecified atom stereocenters. The lowest BCUT2D eigenvalue weighted by Gasteiger charge is -1.92. The molecule has 3 aromatic rings. The Kier molecular flexibility index (Phi) is 4.20. The third kappa shape index (κ3) is 3.17. The van der Waals surface area contributed by atoms with Crippen molar-refractivity contribution >= 4 is 23.2 Å². The maximum atomic E-state index is 12.0. The largest absolute Gasteiger partial charge is 0.289 e. The second-order valence-electron chi connectivity index (χ2n) is 4.57. The molecule has 0 aliphatic rings. The Morgan fingerprint density at radius 3 is 3.05 bits per heavy atom. The van der Waals surface area contributed by atoms with Gasteiger partial charge in [-0.15, -0.1) is 11.3 Å². The predicted molar refractivity (Wildman–Crippen MR) is 86.6 cm³/mol. The van der Waals surface area contributed by atoms with Crippen molar-refractivity contribution < 1.29 is 4.79 Å². The van der Waals surface area contributed by atoms with E-state index in [1.54, 1.807) is 29.3 Å². The summed E-state index contributed by atoms with van der Waals surface area (Å²) in [6.45, 7) is 2.72. The molecule has 6 heteroatoms. The van der Waals surface area contributed by atoms with Crippen LogP contribution in [0, 0.1) is 0 Å². The summed E-state index contributed by atoms with van der Waals surface area (Å²) >= 11 is 1.51. The molecule has 0 amide bonds. The molecule has 3 rings (SSSR count). The van der Waals surface area contributed by atoms with Gasteiger partial charge >= 0.3 is 0 Å². The van der Waals surface area contributed by atoms with Gasteiger partial charge in [0.1, 0.15) is 5.01 Å². The zero-order valence-electron chi connectivity index (χ0n) is 12.0. The number of aromatic nitrogens is 4. The number of rotatable bonds is 5. The molecular weight excluding hydrogens is 296 g/mol. The molecule has 110 valence electrons. The first-order valence-electron chi connectivity index (χ1n) is 6.88. The van der Waals surface area contributed by atoms with Crippen LogP contribution in [0.25, 0.3) is 16.8 Å². The van der Waals surface area contributed by atoms with Crippen molar-refractivity contribution in [2.45, 2.75) is 13.5 Å². The van der Waals surface area contributed by atoms with Crippen molar-refractivity contribution in [3.8, 4) is 10.7 Å². The van der Waals surface area contributed by atoms with Gasteiger partial charge < -0.3 is 0 Å². The average Bonchev–Trinajstić information content (AvgIpc) is 3.22. The van der Waals surface area contributed by atoms with Crippen LogP contribution in [0.3, 0.4) is 0 Å². The van der Waals surface area contributed by atoms with Crippen molar-refractivity contribution in [2.24, 2.45) is 0 Å². The summed E-state index contributed by atoms with van der Waals surface area (Å²) in [5, 5.41) is 6.84. The van der Waals surface area contributed by atoms with Gasteiger partial charge in [0.2, 0.25) is 0 Å². The number of aryl methyl sites for hydroxylation is 1. The predicted octanol–water partition coefficient (Wildman–Crippen LogP) is 3.32. The number of thiazole rings is 1. The number of hydrogen-bond donors (Lipinski definition) is 0. The second kappa shape index (κ2) is 6.44. The fourth-order valence-corrected chi connectivity index (χ4v) is 2.65. The molecule has 0 aliphatic carbocycles. The van der Waals surface area contributed by atoms with E-state index in [0.29, 0.717) is 5.56 Å². The Morgan fingerprint density at radius 2 is 2.32 bits per heavy atom. The van der Waals surface area contributed by atoms with Gasteiger partial charge in [0.15, 0.2) is 5.78 Å². The molecule has 5 nitrogen and oxygen atoms in total. The molecule has 0 bridgehead atoms. The highest BCUT2D eigenvalue weighted by Gasteiger charge is 2.06. The van der Waals surface area contributed by atoms with E-state index in [0.717, 1.165) is 22.9 Å². The Hall–Kier alpha value is -2.60. The highest BCUT2D eigenvalue weighted by molar-refractivity contribution is 7.13. The van der Waals surface area contributed by atoms with Crippen LogP contribution in [-0.4, -0.2) is 25.5 Å². The molecule has 0 aromatic carbocycles. The molecule has 0 N–H and O–H groups in total. The molecule has 3 aromatic heterocycles. The maximum absolute atomic E-state index is 12.0. The minimum atomic E-state index is -0.0768. The van der Waals surface area contributed by atoms with E-state index < -0.39 is 0 Å². The van der Waals surface area contributed by atoms with Crippen LogP contribution >= 0.6 is 11.3 Å². The number of nitrogens with zero attached hydrogens (tertiary/aromatic N) is 4. The average molecular weight is 310 g/mol. The van der Waals surface area contributed by atoms with Gasteiger partial charge in [0, 0.05) is 24.3 Å². The fraction of sp³-hybridized carbons (Fsp3) is 0.125. The molecular formula is C16H14N4OS. The molecule has 0 radical (unpaired) electrons. The van der Waals surface area contributed by atoms with Crippen LogP contribution in [0.2, 0.25) is 0 Å². The highest BCUT2D eigenvalue weighted by Crippen LogP contribution is 2.21. The van der Waals surface area contributed by atoms with Crippen LogP contribution in [0.1, 0.15) is 23.0 Å². The van der Waals surface area contributed by atoms with Crippen LogP contribution in [0.4, 0.5) is 0 Å². The minimum absolute atomic E-state index is 0.0768. The molecule has 22 heavy (non-hydrogen) atoms. The molecule has 0 spiro atoms. The first-order chi connectivity index (χ1) is 10.8. The summed E-state index contributed by atoms with van der Waals surface area (Å²) in [4.78, 5) is 20.8. The van der Waals surface area contributed by atoms with Crippen LogP contribution in [0.5, 0.6) is 0 Å². The smallest absolute Gasteiger partial charge is 0.189 e. The van der Waals surface area contributed by atoms with Crippen LogP contribution in [0.15, 0.2) is 48.2 Å². The molecule has 3 heterocycles. The van der Waals surface area contributed by atoms with E-state index in [1.165, 1.54) is 17.4 Å². The molecule has 0 saturated carbocycles. The first-order valence-corrected chi connectivity index (χ1v) is 7.76. The Labute approximate surface area is 132 Å². The Balaban J connectivity index is 1.73. The van der Waals surface area contributed by atoms with Crippen LogP contribution < -0.4 is 0 Å². The van der Waals surface area contributed by atoms with Gasteiger partial charge in [-0.05, 0) is 31.2 Å². The number of allylic oxidation sites excluding steroid dienone is 1. The normalized spacial score (nSPS) is 11.1. The third-order valence-corrected chi connectivity index (χ3v) is 3.94. The van der Waals surface area contributed by atoms with Crippen molar-refractivity contribution in [1.29, 1.82) is 0 Å². The Bertz CT molecular complexity index is 804. The molecule has 0 saturated heterocycles. The minimum Gasteiger partial charge on any atom is -0.289 e. The van der Waals surface area contributed by atoms with Gasteiger partial charge in [0.25, 0.3) is 0 Å². The van der Waals surface area contributed by atoms with Gasteiger partial charge in [-0.25, -0.2) is 4.98 Å². The number of carbonyl (C=O) groups excluding carboxylic acids is 1. The monoisotopic (exact) mass is 310 g/mol.